The molecule has 3 aromatic heterocycles. The van der Waals surface area contributed by atoms with E-state index in [9.17, 15) is 22.0 Å². The van der Waals surface area contributed by atoms with E-state index in [4.69, 9.17) is 4.42 Å². The number of nitrogens with zero attached hydrogens (tertiary/aromatic N) is 4. The summed E-state index contributed by atoms with van der Waals surface area (Å²) in [6.07, 6.45) is 1.75. The third kappa shape index (κ3) is 3.39. The van der Waals surface area contributed by atoms with E-state index in [2.05, 4.69) is 31.1 Å². The van der Waals surface area contributed by atoms with Crippen LogP contribution in [0.25, 0.3) is 17.2 Å². The Bertz CT molecular complexity index is 1230. The van der Waals surface area contributed by atoms with Gasteiger partial charge in [0.1, 0.15) is 11.3 Å². The Balaban J connectivity index is 1.64. The molecule has 0 saturated heterocycles. The molecule has 0 radical (unpaired) electrons. The Hall–Kier alpha value is -2.47. The van der Waals surface area contributed by atoms with Gasteiger partial charge in [-0.05, 0) is 35.0 Å². The van der Waals surface area contributed by atoms with Gasteiger partial charge >= 0.3 is 0 Å². The van der Waals surface area contributed by atoms with Gasteiger partial charge in [-0.15, -0.1) is 10.2 Å². The summed E-state index contributed by atoms with van der Waals surface area (Å²) in [4.78, 5) is 4.37. The number of rotatable bonds is 4. The highest BCUT2D eigenvalue weighted by Gasteiger charge is 2.26. The number of hydrogen-bond acceptors (Lipinski definition) is 5. The number of thioether (sulfide) groups is 1. The molecule has 5 nitrogen and oxygen atoms in total. The van der Waals surface area contributed by atoms with E-state index in [0.29, 0.717) is 28.8 Å². The number of halogens is 6. The third-order valence-electron chi connectivity index (χ3n) is 4.01. The summed E-state index contributed by atoms with van der Waals surface area (Å²) < 4.78 is 75.3. The van der Waals surface area contributed by atoms with Gasteiger partial charge in [0, 0.05) is 22.0 Å². The zero-order valence-corrected chi connectivity index (χ0v) is 16.7. The zero-order chi connectivity index (χ0) is 20.9. The molecule has 3 heterocycles. The van der Waals surface area contributed by atoms with Crippen LogP contribution in [0, 0.1) is 36.0 Å². The predicted molar refractivity (Wildman–Crippen MR) is 96.7 cm³/mol. The SMILES string of the molecule is Cc1nc2ccc(Br)cn2c1-c1nnc(SCc2c(F)c(F)c(F)c(F)c2F)o1. The molecule has 29 heavy (non-hydrogen) atoms. The average Bonchev–Trinajstić information content (AvgIpc) is 3.27. The molecule has 0 fully saturated rings. The molecule has 0 aliphatic rings. The fourth-order valence-electron chi connectivity index (χ4n) is 2.67. The minimum Gasteiger partial charge on any atom is -0.410 e. The van der Waals surface area contributed by atoms with Crippen LogP contribution in [-0.2, 0) is 5.75 Å². The van der Waals surface area contributed by atoms with Crippen LogP contribution in [-0.4, -0.2) is 19.6 Å². The lowest BCUT2D eigenvalue weighted by atomic mass is 10.2. The highest BCUT2D eigenvalue weighted by atomic mass is 79.9. The van der Waals surface area contributed by atoms with E-state index in [0.717, 1.165) is 4.47 Å². The van der Waals surface area contributed by atoms with E-state index in [1.54, 1.807) is 23.6 Å². The Labute approximate surface area is 172 Å². The van der Waals surface area contributed by atoms with E-state index < -0.39 is 40.4 Å². The summed E-state index contributed by atoms with van der Waals surface area (Å²) >= 11 is 4.00. The van der Waals surface area contributed by atoms with Gasteiger partial charge in [-0.3, -0.25) is 4.40 Å². The second kappa shape index (κ2) is 7.41. The Morgan fingerprint density at radius 2 is 1.66 bits per heavy atom. The van der Waals surface area contributed by atoms with Crippen LogP contribution >= 0.6 is 27.7 Å². The maximum Gasteiger partial charge on any atom is 0.277 e. The monoisotopic (exact) mass is 490 g/mol. The number of benzene rings is 1. The van der Waals surface area contributed by atoms with Crippen molar-refractivity contribution in [2.45, 2.75) is 17.9 Å². The van der Waals surface area contributed by atoms with E-state index in [1.807, 2.05) is 6.07 Å². The largest absolute Gasteiger partial charge is 0.410 e. The van der Waals surface area contributed by atoms with Crippen LogP contribution in [0.5, 0.6) is 0 Å². The summed E-state index contributed by atoms with van der Waals surface area (Å²) in [5.41, 5.74) is 0.774. The third-order valence-corrected chi connectivity index (χ3v) is 5.32. The number of pyridine rings is 1. The summed E-state index contributed by atoms with van der Waals surface area (Å²) in [7, 11) is 0. The molecule has 0 unspecified atom stereocenters. The minimum atomic E-state index is -2.21. The van der Waals surface area contributed by atoms with Crippen molar-refractivity contribution in [3.05, 3.63) is 63.1 Å². The summed E-state index contributed by atoms with van der Waals surface area (Å²) in [6, 6.07) is 3.58. The van der Waals surface area contributed by atoms with E-state index >= 15 is 0 Å². The first kappa shape index (κ1) is 19.8. The lowest BCUT2D eigenvalue weighted by Gasteiger charge is -2.06. The van der Waals surface area contributed by atoms with Gasteiger partial charge in [-0.1, -0.05) is 11.8 Å². The molecule has 0 N–H and O–H groups in total. The summed E-state index contributed by atoms with van der Waals surface area (Å²) in [5, 5.41) is 7.56. The van der Waals surface area contributed by atoms with Crippen LogP contribution in [0.2, 0.25) is 0 Å². The first-order valence-electron chi connectivity index (χ1n) is 7.89. The normalized spacial score (nSPS) is 11.6. The number of hydrogen-bond donors (Lipinski definition) is 0. The molecule has 0 amide bonds. The van der Waals surface area contributed by atoms with Crippen molar-refractivity contribution in [1.29, 1.82) is 0 Å². The molecule has 12 heteroatoms. The van der Waals surface area contributed by atoms with Gasteiger partial charge in [0.25, 0.3) is 11.1 Å². The number of imidazole rings is 1. The Kier molecular flexibility index (Phi) is 5.07. The van der Waals surface area contributed by atoms with E-state index in [1.165, 1.54) is 0 Å². The molecular weight excluding hydrogens is 483 g/mol. The fourth-order valence-corrected chi connectivity index (χ4v) is 3.76. The molecule has 0 atom stereocenters. The average molecular weight is 491 g/mol. The summed E-state index contributed by atoms with van der Waals surface area (Å²) in [5.74, 6) is -10.5. The first-order valence-corrected chi connectivity index (χ1v) is 9.67. The molecule has 4 aromatic rings. The highest BCUT2D eigenvalue weighted by molar-refractivity contribution is 9.10. The van der Waals surface area contributed by atoms with Gasteiger partial charge in [-0.2, -0.15) is 0 Å². The van der Waals surface area contributed by atoms with Crippen molar-refractivity contribution in [1.82, 2.24) is 19.6 Å². The first-order chi connectivity index (χ1) is 13.8. The fraction of sp³-hybridized carbons (Fsp3) is 0.118. The highest BCUT2D eigenvalue weighted by Crippen LogP contribution is 2.31. The maximum absolute atomic E-state index is 13.8. The van der Waals surface area contributed by atoms with Crippen molar-refractivity contribution in [2.24, 2.45) is 0 Å². The molecule has 1 aromatic carbocycles. The number of aryl methyl sites for hydroxylation is 1. The maximum atomic E-state index is 13.8. The Morgan fingerprint density at radius 3 is 2.34 bits per heavy atom. The van der Waals surface area contributed by atoms with Gasteiger partial charge in [-0.25, -0.2) is 26.9 Å². The molecule has 4 rings (SSSR count). The lowest BCUT2D eigenvalue weighted by Crippen LogP contribution is -2.06. The number of aromatic nitrogens is 4. The molecule has 0 aliphatic carbocycles. The topological polar surface area (TPSA) is 56.2 Å². The van der Waals surface area contributed by atoms with Crippen LogP contribution < -0.4 is 0 Å². The Morgan fingerprint density at radius 1 is 1.00 bits per heavy atom. The molecule has 150 valence electrons. The van der Waals surface area contributed by atoms with Gasteiger partial charge in [0.05, 0.1) is 5.69 Å². The van der Waals surface area contributed by atoms with Crippen molar-refractivity contribution in [3.8, 4) is 11.6 Å². The van der Waals surface area contributed by atoms with Crippen molar-refractivity contribution >= 4 is 33.3 Å². The van der Waals surface area contributed by atoms with Gasteiger partial charge in [0.15, 0.2) is 23.3 Å². The molecule has 0 saturated carbocycles. The molecule has 0 aliphatic heterocycles. The van der Waals surface area contributed by atoms with Gasteiger partial charge < -0.3 is 4.42 Å². The van der Waals surface area contributed by atoms with E-state index in [-0.39, 0.29) is 11.1 Å². The molecule has 0 spiro atoms. The summed E-state index contributed by atoms with van der Waals surface area (Å²) in [6.45, 7) is 1.74. The molecular formula is C17H8BrF5N4OS. The minimum absolute atomic E-state index is 0.0908. The smallest absolute Gasteiger partial charge is 0.277 e. The number of fused-ring (bicyclic) bond motifs is 1. The zero-order valence-electron chi connectivity index (χ0n) is 14.3. The standard InChI is InChI=1S/C17H8BrF5N4OS/c1-6-15(27-4-7(18)2-3-9(27)24-6)16-25-26-17(28-16)29-5-8-10(19)12(21)14(23)13(22)11(8)20/h2-4H,5H2,1H3. The lowest BCUT2D eigenvalue weighted by molar-refractivity contribution is 0.372. The van der Waals surface area contributed by atoms with Gasteiger partial charge in [0.2, 0.25) is 5.82 Å². The predicted octanol–water partition coefficient (Wildman–Crippen LogP) is 5.44. The van der Waals surface area contributed by atoms with Crippen LogP contribution in [0.1, 0.15) is 11.3 Å². The van der Waals surface area contributed by atoms with Crippen molar-refractivity contribution in [2.75, 3.05) is 0 Å². The van der Waals surface area contributed by atoms with Crippen LogP contribution in [0.4, 0.5) is 22.0 Å². The second-order valence-electron chi connectivity index (χ2n) is 5.83. The van der Waals surface area contributed by atoms with Crippen LogP contribution in [0.3, 0.4) is 0 Å². The molecule has 0 bridgehead atoms. The van der Waals surface area contributed by atoms with Crippen molar-refractivity contribution < 1.29 is 26.4 Å². The van der Waals surface area contributed by atoms with Crippen molar-refractivity contribution in [3.63, 3.8) is 0 Å². The quantitative estimate of drug-likeness (QED) is 0.165. The van der Waals surface area contributed by atoms with Crippen LogP contribution in [0.15, 0.2) is 32.4 Å². The second-order valence-corrected chi connectivity index (χ2v) is 7.67.